The number of nitrogens with one attached hydrogen (secondary N) is 2. The average Bonchev–Trinajstić information content (AvgIpc) is 2.76. The summed E-state index contributed by atoms with van der Waals surface area (Å²) in [7, 11) is 0. The lowest BCUT2D eigenvalue weighted by Crippen LogP contribution is -2.55. The Morgan fingerprint density at radius 3 is 2.26 bits per heavy atom. The Morgan fingerprint density at radius 2 is 1.74 bits per heavy atom. The Hall–Kier alpha value is -3.08. The van der Waals surface area contributed by atoms with Gasteiger partial charge in [0, 0.05) is 6.04 Å². The Morgan fingerprint density at radius 1 is 1.11 bits per heavy atom. The Bertz CT molecular complexity index is 903. The van der Waals surface area contributed by atoms with Crippen molar-refractivity contribution in [2.75, 3.05) is 6.54 Å². The fourth-order valence-corrected chi connectivity index (χ4v) is 3.84. The number of hydrogen-bond acceptors (Lipinski definition) is 5. The van der Waals surface area contributed by atoms with E-state index in [0.29, 0.717) is 12.0 Å². The highest BCUT2D eigenvalue weighted by Crippen LogP contribution is 2.27. The van der Waals surface area contributed by atoms with Crippen molar-refractivity contribution < 1.29 is 19.1 Å². The van der Waals surface area contributed by atoms with Crippen molar-refractivity contribution >= 4 is 17.9 Å². The SMILES string of the molecule is CCCC(C)NC(=O)C(c1ccccc1C)N(CC#N)C(=O)C(NC(=O)OC(C)(C)C)C(C)CC. The molecular formula is C27H42N4O4. The largest absolute Gasteiger partial charge is 0.444 e. The third-order valence-corrected chi connectivity index (χ3v) is 5.83. The van der Waals surface area contributed by atoms with Crippen molar-refractivity contribution in [3.63, 3.8) is 0 Å². The highest BCUT2D eigenvalue weighted by atomic mass is 16.6. The zero-order valence-electron chi connectivity index (χ0n) is 22.5. The molecule has 0 aliphatic rings. The van der Waals surface area contributed by atoms with Crippen molar-refractivity contribution in [3.05, 3.63) is 35.4 Å². The molecule has 0 aliphatic heterocycles. The molecule has 0 heterocycles. The summed E-state index contributed by atoms with van der Waals surface area (Å²) in [5.74, 6) is -1.11. The standard InChI is InChI=1S/C27H42N4O4/c1-9-13-20(5)29-24(32)23(21-15-12-11-14-19(21)4)31(17-16-28)25(33)22(18(3)10-2)30-26(34)35-27(6,7)8/h11-12,14-15,18,20,22-23H,9-10,13,17H2,1-8H3,(H,29,32)(H,30,34). The molecule has 2 N–H and O–H groups in total. The number of benzene rings is 1. The molecule has 0 aliphatic carbocycles. The van der Waals surface area contributed by atoms with Crippen LogP contribution in [0.2, 0.25) is 0 Å². The average molecular weight is 487 g/mol. The van der Waals surface area contributed by atoms with Crippen molar-refractivity contribution in [2.45, 2.75) is 98.4 Å². The molecular weight excluding hydrogens is 444 g/mol. The molecule has 0 spiro atoms. The van der Waals surface area contributed by atoms with Crippen molar-refractivity contribution in [1.29, 1.82) is 5.26 Å². The first-order chi connectivity index (χ1) is 16.4. The minimum Gasteiger partial charge on any atom is -0.444 e. The topological polar surface area (TPSA) is 112 Å². The quantitative estimate of drug-likeness (QED) is 0.443. The predicted molar refractivity (Wildman–Crippen MR) is 136 cm³/mol. The number of nitrogens with zero attached hydrogens (tertiary/aromatic N) is 2. The number of nitriles is 1. The molecule has 3 amide bonds. The second kappa shape index (κ2) is 13.7. The summed E-state index contributed by atoms with van der Waals surface area (Å²) in [6.07, 6.45) is 1.56. The molecule has 0 saturated carbocycles. The van der Waals surface area contributed by atoms with Gasteiger partial charge in [0.1, 0.15) is 24.2 Å². The van der Waals surface area contributed by atoms with Gasteiger partial charge in [0.25, 0.3) is 0 Å². The molecule has 0 saturated heterocycles. The first-order valence-electron chi connectivity index (χ1n) is 12.4. The summed E-state index contributed by atoms with van der Waals surface area (Å²) >= 11 is 0. The molecule has 4 atom stereocenters. The van der Waals surface area contributed by atoms with E-state index in [1.54, 1.807) is 32.9 Å². The normalized spacial score (nSPS) is 14.6. The van der Waals surface area contributed by atoms with Gasteiger partial charge in [-0.1, -0.05) is 57.9 Å². The number of carbonyl (C=O) groups is 3. The van der Waals surface area contributed by atoms with Crippen LogP contribution >= 0.6 is 0 Å². The van der Waals surface area contributed by atoms with Gasteiger partial charge in [0.15, 0.2) is 0 Å². The maximum absolute atomic E-state index is 13.9. The van der Waals surface area contributed by atoms with Gasteiger partial charge in [0.05, 0.1) is 6.07 Å². The molecule has 0 fully saturated rings. The van der Waals surface area contributed by atoms with E-state index in [1.165, 1.54) is 4.90 Å². The molecule has 0 aromatic heterocycles. The summed E-state index contributed by atoms with van der Waals surface area (Å²) in [5.41, 5.74) is 0.725. The minimum atomic E-state index is -1.02. The summed E-state index contributed by atoms with van der Waals surface area (Å²) in [5, 5.41) is 15.3. The first-order valence-corrected chi connectivity index (χ1v) is 12.4. The van der Waals surface area contributed by atoms with E-state index in [-0.39, 0.29) is 24.4 Å². The van der Waals surface area contributed by atoms with E-state index >= 15 is 0 Å². The molecule has 1 rings (SSSR count). The third kappa shape index (κ3) is 9.23. The Balaban J connectivity index is 3.49. The van der Waals surface area contributed by atoms with Crippen LogP contribution in [0.25, 0.3) is 0 Å². The molecule has 35 heavy (non-hydrogen) atoms. The van der Waals surface area contributed by atoms with Crippen molar-refractivity contribution in [3.8, 4) is 6.07 Å². The van der Waals surface area contributed by atoms with Crippen LogP contribution in [-0.4, -0.2) is 47.0 Å². The number of rotatable bonds is 11. The van der Waals surface area contributed by atoms with Gasteiger partial charge in [-0.25, -0.2) is 4.79 Å². The third-order valence-electron chi connectivity index (χ3n) is 5.83. The highest BCUT2D eigenvalue weighted by molar-refractivity contribution is 5.92. The lowest BCUT2D eigenvalue weighted by atomic mass is 9.94. The summed E-state index contributed by atoms with van der Waals surface area (Å²) in [6, 6.07) is 7.28. The molecule has 1 aromatic carbocycles. The number of alkyl carbamates (subject to hydrolysis) is 1. The van der Waals surface area contributed by atoms with Gasteiger partial charge in [-0.3, -0.25) is 9.59 Å². The predicted octanol–water partition coefficient (Wildman–Crippen LogP) is 4.63. The van der Waals surface area contributed by atoms with E-state index in [0.717, 1.165) is 18.4 Å². The van der Waals surface area contributed by atoms with Crippen molar-refractivity contribution in [1.82, 2.24) is 15.5 Å². The Labute approximate surface area is 210 Å². The Kier molecular flexibility index (Phi) is 11.7. The minimum absolute atomic E-state index is 0.0942. The van der Waals surface area contributed by atoms with E-state index in [4.69, 9.17) is 4.74 Å². The fraction of sp³-hybridized carbons (Fsp3) is 0.630. The van der Waals surface area contributed by atoms with Crippen LogP contribution in [0.3, 0.4) is 0 Å². The number of ether oxygens (including phenoxy) is 1. The second-order valence-corrected chi connectivity index (χ2v) is 10.1. The summed E-state index contributed by atoms with van der Waals surface area (Å²) < 4.78 is 5.38. The highest BCUT2D eigenvalue weighted by Gasteiger charge is 2.38. The number of amides is 3. The smallest absolute Gasteiger partial charge is 0.408 e. The van der Waals surface area contributed by atoms with Gasteiger partial charge < -0.3 is 20.3 Å². The molecule has 0 bridgehead atoms. The molecule has 8 nitrogen and oxygen atoms in total. The zero-order valence-corrected chi connectivity index (χ0v) is 22.5. The van der Waals surface area contributed by atoms with E-state index in [9.17, 15) is 19.6 Å². The van der Waals surface area contributed by atoms with Gasteiger partial charge in [-0.2, -0.15) is 5.26 Å². The second-order valence-electron chi connectivity index (χ2n) is 10.1. The molecule has 0 radical (unpaired) electrons. The number of aryl methyl sites for hydroxylation is 1. The van der Waals surface area contributed by atoms with Gasteiger partial charge in [-0.15, -0.1) is 0 Å². The van der Waals surface area contributed by atoms with Gasteiger partial charge >= 0.3 is 6.09 Å². The van der Waals surface area contributed by atoms with Crippen molar-refractivity contribution in [2.24, 2.45) is 5.92 Å². The molecule has 1 aromatic rings. The van der Waals surface area contributed by atoms with Crippen LogP contribution in [0.15, 0.2) is 24.3 Å². The lowest BCUT2D eigenvalue weighted by molar-refractivity contribution is -0.143. The van der Waals surface area contributed by atoms with Crippen LogP contribution in [0, 0.1) is 24.2 Å². The first kappa shape index (κ1) is 30.0. The van der Waals surface area contributed by atoms with Crippen LogP contribution in [-0.2, 0) is 14.3 Å². The summed E-state index contributed by atoms with van der Waals surface area (Å²) in [6.45, 7) is 14.5. The van der Waals surface area contributed by atoms with Crippen LogP contribution in [0.4, 0.5) is 4.79 Å². The maximum atomic E-state index is 13.9. The van der Waals surface area contributed by atoms with E-state index in [1.807, 2.05) is 52.8 Å². The summed E-state index contributed by atoms with van der Waals surface area (Å²) in [4.78, 5) is 41.3. The van der Waals surface area contributed by atoms with Crippen LogP contribution < -0.4 is 10.6 Å². The molecule has 194 valence electrons. The fourth-order valence-electron chi connectivity index (χ4n) is 3.84. The monoisotopic (exact) mass is 486 g/mol. The van der Waals surface area contributed by atoms with Gasteiger partial charge in [-0.05, 0) is 58.1 Å². The van der Waals surface area contributed by atoms with Gasteiger partial charge in [0.2, 0.25) is 11.8 Å². The van der Waals surface area contributed by atoms with Crippen LogP contribution in [0.1, 0.15) is 84.9 Å². The maximum Gasteiger partial charge on any atom is 0.408 e. The van der Waals surface area contributed by atoms with E-state index < -0.39 is 29.7 Å². The zero-order chi connectivity index (χ0) is 26.8. The molecule has 8 heteroatoms. The van der Waals surface area contributed by atoms with E-state index in [2.05, 4.69) is 10.6 Å². The number of hydrogen-bond donors (Lipinski definition) is 2. The molecule has 4 unspecified atom stereocenters. The lowest BCUT2D eigenvalue weighted by Gasteiger charge is -2.35. The van der Waals surface area contributed by atoms with Crippen LogP contribution in [0.5, 0.6) is 0 Å². The number of carbonyl (C=O) groups excluding carboxylic acids is 3.